The van der Waals surface area contributed by atoms with Crippen LogP contribution in [-0.2, 0) is 0 Å². The molecular formula is C9H10ClMgNS. The maximum absolute atomic E-state index is 4.23. The summed E-state index contributed by atoms with van der Waals surface area (Å²) in [6, 6.07) is 10.1. The first-order valence-corrected chi connectivity index (χ1v) is 4.30. The van der Waals surface area contributed by atoms with E-state index in [-0.39, 0.29) is 35.5 Å². The van der Waals surface area contributed by atoms with Crippen LogP contribution in [0.4, 0.5) is 0 Å². The Balaban J connectivity index is 0.000000720. The topological polar surface area (TPSA) is 12.9 Å². The first-order chi connectivity index (χ1) is 5.47. The molecular weight excluding hydrogens is 214 g/mol. The maximum Gasteiger partial charge on any atom is 0.316 e. The van der Waals surface area contributed by atoms with Gasteiger partial charge in [0.1, 0.15) is 0 Å². The quantitative estimate of drug-likeness (QED) is 0.677. The Hall–Kier alpha value is -0.0938. The molecule has 0 unspecified atom stereocenters. The molecule has 2 aromatic rings. The monoisotopic (exact) mass is 223 g/mol. The second-order valence-corrected chi connectivity index (χ2v) is 3.14. The molecule has 0 amide bonds. The lowest BCUT2D eigenvalue weighted by molar-refractivity contribution is 1.34. The average Bonchev–Trinajstić information content (AvgIpc) is 2.58. The minimum Gasteiger partial charge on any atom is -0.255 e. The number of pyridine rings is 1. The minimum atomic E-state index is 0. The molecule has 0 N–H and O–H groups in total. The Morgan fingerprint density at radius 3 is 2.46 bits per heavy atom. The van der Waals surface area contributed by atoms with Crippen molar-refractivity contribution in [3.05, 3.63) is 41.9 Å². The average molecular weight is 224 g/mol. The highest BCUT2D eigenvalue weighted by molar-refractivity contribution is 7.13. The summed E-state index contributed by atoms with van der Waals surface area (Å²) in [5.74, 6) is 0. The van der Waals surface area contributed by atoms with Gasteiger partial charge in [-0.05, 0) is 23.6 Å². The van der Waals surface area contributed by atoms with Gasteiger partial charge in [-0.1, -0.05) is 12.1 Å². The van der Waals surface area contributed by atoms with Crippen molar-refractivity contribution in [3.63, 3.8) is 0 Å². The number of hydrogen-bond acceptors (Lipinski definition) is 2. The summed E-state index contributed by atoms with van der Waals surface area (Å²) in [5, 5.41) is 2.06. The molecule has 0 aliphatic rings. The highest BCUT2D eigenvalue weighted by Crippen LogP contribution is 2.21. The van der Waals surface area contributed by atoms with Crippen LogP contribution >= 0.6 is 23.7 Å². The zero-order chi connectivity index (χ0) is 7.52. The smallest absolute Gasteiger partial charge is 0.255 e. The number of hydrogen-bond donors (Lipinski definition) is 0. The van der Waals surface area contributed by atoms with Gasteiger partial charge in [-0.3, -0.25) is 4.98 Å². The highest BCUT2D eigenvalue weighted by atomic mass is 35.5. The first-order valence-electron chi connectivity index (χ1n) is 3.42. The molecule has 0 aliphatic carbocycles. The molecule has 13 heavy (non-hydrogen) atoms. The van der Waals surface area contributed by atoms with Crippen molar-refractivity contribution in [1.82, 2.24) is 4.98 Å². The predicted molar refractivity (Wildman–Crippen MR) is 63.3 cm³/mol. The van der Waals surface area contributed by atoms with Gasteiger partial charge in [0.05, 0.1) is 10.6 Å². The van der Waals surface area contributed by atoms with Gasteiger partial charge >= 0.3 is 23.1 Å². The second-order valence-electron chi connectivity index (χ2n) is 2.19. The minimum absolute atomic E-state index is 0. The molecule has 2 heterocycles. The Bertz CT molecular complexity index is 323. The standard InChI is InChI=1S/C9H7NS.ClH.Mg.2H/c1-2-6-10-8(4-1)9-5-3-7-11-9;;;;/h1-7H;1H;;;. The van der Waals surface area contributed by atoms with E-state index in [2.05, 4.69) is 16.4 Å². The summed E-state index contributed by atoms with van der Waals surface area (Å²) in [5.41, 5.74) is 1.06. The summed E-state index contributed by atoms with van der Waals surface area (Å²) < 4.78 is 0. The third-order valence-electron chi connectivity index (χ3n) is 1.44. The van der Waals surface area contributed by atoms with Gasteiger partial charge < -0.3 is 0 Å². The first kappa shape index (κ1) is 12.9. The number of thiophene rings is 1. The van der Waals surface area contributed by atoms with Crippen LogP contribution < -0.4 is 0 Å². The maximum atomic E-state index is 4.23. The third kappa shape index (κ3) is 3.27. The summed E-state index contributed by atoms with van der Waals surface area (Å²) >= 11 is 1.71. The van der Waals surface area contributed by atoms with Gasteiger partial charge in [0.2, 0.25) is 0 Å². The van der Waals surface area contributed by atoms with Crippen LogP contribution in [0, 0.1) is 0 Å². The van der Waals surface area contributed by atoms with Crippen molar-refractivity contribution in [2.24, 2.45) is 0 Å². The Morgan fingerprint density at radius 1 is 1.08 bits per heavy atom. The van der Waals surface area contributed by atoms with E-state index in [4.69, 9.17) is 0 Å². The molecule has 0 fully saturated rings. The van der Waals surface area contributed by atoms with Crippen molar-refractivity contribution in [2.75, 3.05) is 0 Å². The number of nitrogens with zero attached hydrogens (tertiary/aromatic N) is 1. The van der Waals surface area contributed by atoms with E-state index >= 15 is 0 Å². The molecule has 0 aliphatic heterocycles. The highest BCUT2D eigenvalue weighted by Gasteiger charge is 1.95. The van der Waals surface area contributed by atoms with Crippen LogP contribution in [0.15, 0.2) is 41.9 Å². The number of rotatable bonds is 1. The van der Waals surface area contributed by atoms with Gasteiger partial charge in [-0.2, -0.15) is 0 Å². The van der Waals surface area contributed by atoms with Gasteiger partial charge in [0.25, 0.3) is 0 Å². The van der Waals surface area contributed by atoms with Gasteiger partial charge in [0.15, 0.2) is 0 Å². The molecule has 2 rings (SSSR count). The van der Waals surface area contributed by atoms with Crippen molar-refractivity contribution in [2.45, 2.75) is 0 Å². The molecule has 0 atom stereocenters. The lowest BCUT2D eigenvalue weighted by Gasteiger charge is -1.92. The van der Waals surface area contributed by atoms with Crippen LogP contribution in [0.5, 0.6) is 0 Å². The molecule has 0 radical (unpaired) electrons. The second kappa shape index (κ2) is 6.37. The van der Waals surface area contributed by atoms with Crippen molar-refractivity contribution in [3.8, 4) is 10.6 Å². The van der Waals surface area contributed by atoms with Crippen LogP contribution in [0.1, 0.15) is 0 Å². The van der Waals surface area contributed by atoms with E-state index < -0.39 is 0 Å². The van der Waals surface area contributed by atoms with Crippen molar-refractivity contribution in [1.29, 1.82) is 0 Å². The Labute approximate surface area is 104 Å². The molecule has 2 aromatic heterocycles. The van der Waals surface area contributed by atoms with Gasteiger partial charge in [0, 0.05) is 6.20 Å². The fourth-order valence-corrected chi connectivity index (χ4v) is 1.64. The molecule has 0 aromatic carbocycles. The van der Waals surface area contributed by atoms with E-state index in [1.165, 1.54) is 4.88 Å². The van der Waals surface area contributed by atoms with E-state index in [1.807, 2.05) is 30.5 Å². The van der Waals surface area contributed by atoms with Gasteiger partial charge in [-0.15, -0.1) is 23.7 Å². The van der Waals surface area contributed by atoms with Crippen molar-refractivity contribution < 1.29 is 0 Å². The van der Waals surface area contributed by atoms with E-state index in [9.17, 15) is 0 Å². The fourth-order valence-electron chi connectivity index (χ4n) is 0.933. The van der Waals surface area contributed by atoms with E-state index in [0.29, 0.717) is 0 Å². The predicted octanol–water partition coefficient (Wildman–Crippen LogP) is 2.32. The molecule has 0 saturated heterocycles. The number of aromatic nitrogens is 1. The summed E-state index contributed by atoms with van der Waals surface area (Å²) in [6.45, 7) is 0. The summed E-state index contributed by atoms with van der Waals surface area (Å²) in [7, 11) is 0. The van der Waals surface area contributed by atoms with Gasteiger partial charge in [-0.25, -0.2) is 0 Å². The SMILES string of the molecule is Cl.[MgH2].c1ccc(-c2cccs2)nc1. The molecule has 0 bridgehead atoms. The number of halogens is 1. The van der Waals surface area contributed by atoms with E-state index in [1.54, 1.807) is 11.3 Å². The zero-order valence-corrected chi connectivity index (χ0v) is 7.94. The van der Waals surface area contributed by atoms with Crippen LogP contribution in [0.25, 0.3) is 10.6 Å². The largest absolute Gasteiger partial charge is 0.316 e. The lowest BCUT2D eigenvalue weighted by Crippen LogP contribution is -1.75. The lowest BCUT2D eigenvalue weighted by atomic mass is 10.3. The van der Waals surface area contributed by atoms with Crippen molar-refractivity contribution >= 4 is 46.8 Å². The molecule has 4 heteroatoms. The van der Waals surface area contributed by atoms with Crippen LogP contribution in [0.3, 0.4) is 0 Å². The zero-order valence-electron chi connectivity index (χ0n) is 6.31. The van der Waals surface area contributed by atoms with Crippen LogP contribution in [0.2, 0.25) is 0 Å². The van der Waals surface area contributed by atoms with Crippen LogP contribution in [-0.4, -0.2) is 28.0 Å². The summed E-state index contributed by atoms with van der Waals surface area (Å²) in [4.78, 5) is 5.46. The normalized spacial score (nSPS) is 8.31. The Morgan fingerprint density at radius 2 is 1.92 bits per heavy atom. The fraction of sp³-hybridized carbons (Fsp3) is 0. The Kier molecular flexibility index (Phi) is 6.33. The molecule has 66 valence electrons. The molecule has 0 spiro atoms. The molecule has 1 nitrogen and oxygen atoms in total. The van der Waals surface area contributed by atoms with E-state index in [0.717, 1.165) is 5.69 Å². The third-order valence-corrected chi connectivity index (χ3v) is 2.33. The summed E-state index contributed by atoms with van der Waals surface area (Å²) in [6.07, 6.45) is 1.81. The molecule has 0 saturated carbocycles.